The van der Waals surface area contributed by atoms with E-state index < -0.39 is 15.4 Å². The summed E-state index contributed by atoms with van der Waals surface area (Å²) in [5.74, 6) is 2.97. The van der Waals surface area contributed by atoms with Gasteiger partial charge < -0.3 is 20.6 Å². The lowest BCUT2D eigenvalue weighted by Gasteiger charge is -2.60. The van der Waals surface area contributed by atoms with Crippen LogP contribution in [-0.2, 0) is 9.84 Å². The molecule has 1 aromatic heterocycles. The normalized spacial score (nSPS) is 34.3. The zero-order chi connectivity index (χ0) is 22.7. The Morgan fingerprint density at radius 3 is 2.36 bits per heavy atom. The van der Waals surface area contributed by atoms with E-state index in [-0.39, 0.29) is 17.0 Å². The molecule has 0 radical (unpaired) electrons. The fourth-order valence-electron chi connectivity index (χ4n) is 6.98. The molecule has 1 saturated heterocycles. The highest BCUT2D eigenvalue weighted by atomic mass is 32.2. The molecule has 2 aromatic rings. The van der Waals surface area contributed by atoms with Crippen LogP contribution in [0.25, 0.3) is 0 Å². The zero-order valence-electron chi connectivity index (χ0n) is 18.7. The van der Waals surface area contributed by atoms with E-state index in [9.17, 15) is 13.5 Å². The summed E-state index contributed by atoms with van der Waals surface area (Å²) in [7, 11) is -2.89. The van der Waals surface area contributed by atoms with Gasteiger partial charge in [0.25, 0.3) is 0 Å². The topological polar surface area (TPSA) is 107 Å². The SMILES string of the molecule is O=S1(=O)CCN(c2ccc(Nc3nccc(NC45CC6CC(CC(O)(C6)C4)C5)n3)cc2)CC1. The lowest BCUT2D eigenvalue weighted by atomic mass is 9.51. The standard InChI is InChI=1S/C24H31N5O3S/c30-24-14-17-11-18(15-24)13-23(12-17,16-24)28-21-5-6-25-22(27-21)26-19-1-3-20(4-2-19)29-7-9-33(31,32)10-8-29/h1-6,17-18,30H,7-16H2,(H2,25,26,27,28). The van der Waals surface area contributed by atoms with E-state index in [2.05, 4.69) is 20.5 Å². The Hall–Kier alpha value is -2.39. The summed E-state index contributed by atoms with van der Waals surface area (Å²) < 4.78 is 23.3. The predicted molar refractivity (Wildman–Crippen MR) is 129 cm³/mol. The van der Waals surface area contributed by atoms with Crippen molar-refractivity contribution in [1.82, 2.24) is 9.97 Å². The van der Waals surface area contributed by atoms with Crippen LogP contribution in [0.1, 0.15) is 38.5 Å². The maximum atomic E-state index is 11.7. The molecule has 3 N–H and O–H groups in total. The second-order valence-electron chi connectivity index (χ2n) is 10.7. The third-order valence-corrected chi connectivity index (χ3v) is 9.52. The molecule has 0 amide bonds. The maximum Gasteiger partial charge on any atom is 0.229 e. The summed E-state index contributed by atoms with van der Waals surface area (Å²) in [5, 5.41) is 18.0. The molecule has 2 unspecified atom stereocenters. The van der Waals surface area contributed by atoms with Crippen LogP contribution in [0.3, 0.4) is 0 Å². The first-order valence-electron chi connectivity index (χ1n) is 11.9. The predicted octanol–water partition coefficient (Wildman–Crippen LogP) is 2.95. The molecular weight excluding hydrogens is 438 g/mol. The Bertz CT molecular complexity index is 1120. The molecule has 1 aromatic carbocycles. The van der Waals surface area contributed by atoms with Gasteiger partial charge in [-0.05, 0) is 80.7 Å². The lowest BCUT2D eigenvalue weighted by Crippen LogP contribution is -2.62. The Morgan fingerprint density at radius 2 is 1.70 bits per heavy atom. The van der Waals surface area contributed by atoms with Gasteiger partial charge in [0.05, 0.1) is 17.1 Å². The van der Waals surface area contributed by atoms with Gasteiger partial charge in [-0.2, -0.15) is 4.98 Å². The number of anilines is 4. The monoisotopic (exact) mass is 469 g/mol. The van der Waals surface area contributed by atoms with E-state index in [1.54, 1.807) is 6.20 Å². The fraction of sp³-hybridized carbons (Fsp3) is 0.583. The van der Waals surface area contributed by atoms with Gasteiger partial charge in [-0.15, -0.1) is 0 Å². The van der Waals surface area contributed by atoms with Crippen LogP contribution in [0.15, 0.2) is 36.5 Å². The minimum absolute atomic E-state index is 0.0615. The van der Waals surface area contributed by atoms with Crippen LogP contribution in [0.5, 0.6) is 0 Å². The van der Waals surface area contributed by atoms with Crippen molar-refractivity contribution in [2.45, 2.75) is 49.7 Å². The van der Waals surface area contributed by atoms with Crippen LogP contribution >= 0.6 is 0 Å². The number of hydrogen-bond acceptors (Lipinski definition) is 8. The van der Waals surface area contributed by atoms with Crippen molar-refractivity contribution in [1.29, 1.82) is 0 Å². The van der Waals surface area contributed by atoms with Gasteiger partial charge in [0, 0.05) is 36.2 Å². The molecule has 1 aliphatic heterocycles. The second-order valence-corrected chi connectivity index (χ2v) is 13.0. The molecule has 5 fully saturated rings. The summed E-state index contributed by atoms with van der Waals surface area (Å²) in [5.41, 5.74) is 1.33. The van der Waals surface area contributed by atoms with Crippen molar-refractivity contribution in [3.8, 4) is 0 Å². The summed E-state index contributed by atoms with van der Waals surface area (Å²) in [6.45, 7) is 1.06. The van der Waals surface area contributed by atoms with Crippen molar-refractivity contribution in [2.75, 3.05) is 40.1 Å². The molecule has 9 heteroatoms. The molecule has 4 bridgehead atoms. The molecule has 4 aliphatic carbocycles. The third-order valence-electron chi connectivity index (χ3n) is 7.91. The van der Waals surface area contributed by atoms with Crippen molar-refractivity contribution < 1.29 is 13.5 Å². The highest BCUT2D eigenvalue weighted by molar-refractivity contribution is 7.91. The first-order valence-corrected chi connectivity index (χ1v) is 13.8. The van der Waals surface area contributed by atoms with Gasteiger partial charge in [0.2, 0.25) is 5.95 Å². The number of benzene rings is 1. The number of hydrogen-bond donors (Lipinski definition) is 3. The number of sulfone groups is 1. The van der Waals surface area contributed by atoms with Gasteiger partial charge in [0.1, 0.15) is 5.82 Å². The van der Waals surface area contributed by atoms with Crippen molar-refractivity contribution in [2.24, 2.45) is 11.8 Å². The molecule has 176 valence electrons. The highest BCUT2D eigenvalue weighted by Gasteiger charge is 2.57. The number of nitrogens with one attached hydrogen (secondary N) is 2. The number of rotatable bonds is 5. The molecule has 4 saturated carbocycles. The number of aromatic nitrogens is 2. The average Bonchev–Trinajstić information content (AvgIpc) is 2.73. The Morgan fingerprint density at radius 1 is 1.00 bits per heavy atom. The average molecular weight is 470 g/mol. The molecule has 2 heterocycles. The lowest BCUT2D eigenvalue weighted by molar-refractivity contribution is -0.127. The summed E-state index contributed by atoms with van der Waals surface area (Å²) in [6.07, 6.45) is 7.94. The quantitative estimate of drug-likeness (QED) is 0.614. The molecule has 5 aliphatic rings. The second kappa shape index (κ2) is 7.56. The van der Waals surface area contributed by atoms with Crippen LogP contribution < -0.4 is 15.5 Å². The van der Waals surface area contributed by atoms with E-state index in [0.29, 0.717) is 30.9 Å². The summed E-state index contributed by atoms with van der Waals surface area (Å²) >= 11 is 0. The van der Waals surface area contributed by atoms with Crippen LogP contribution in [-0.4, -0.2) is 59.2 Å². The van der Waals surface area contributed by atoms with Crippen LogP contribution in [0.2, 0.25) is 0 Å². The van der Waals surface area contributed by atoms with Crippen molar-refractivity contribution in [3.05, 3.63) is 36.5 Å². The molecule has 0 spiro atoms. The third kappa shape index (κ3) is 4.28. The first kappa shape index (κ1) is 21.2. The Labute approximate surface area is 194 Å². The maximum absolute atomic E-state index is 11.7. The van der Waals surface area contributed by atoms with Crippen LogP contribution in [0, 0.1) is 11.8 Å². The minimum Gasteiger partial charge on any atom is -0.390 e. The number of aliphatic hydroxyl groups is 1. The molecule has 2 atom stereocenters. The van der Waals surface area contributed by atoms with Gasteiger partial charge in [-0.25, -0.2) is 13.4 Å². The molecule has 8 nitrogen and oxygen atoms in total. The van der Waals surface area contributed by atoms with Crippen molar-refractivity contribution in [3.63, 3.8) is 0 Å². The van der Waals surface area contributed by atoms with E-state index in [1.165, 1.54) is 6.42 Å². The van der Waals surface area contributed by atoms with Gasteiger partial charge in [-0.1, -0.05) is 0 Å². The van der Waals surface area contributed by atoms with Gasteiger partial charge >= 0.3 is 0 Å². The first-order chi connectivity index (χ1) is 15.8. The molecule has 33 heavy (non-hydrogen) atoms. The highest BCUT2D eigenvalue weighted by Crippen LogP contribution is 2.58. The van der Waals surface area contributed by atoms with E-state index in [1.807, 2.05) is 30.3 Å². The summed E-state index contributed by atoms with van der Waals surface area (Å²) in [4.78, 5) is 11.2. The van der Waals surface area contributed by atoms with E-state index in [0.717, 1.165) is 49.3 Å². The molecular formula is C24H31N5O3S. The Kier molecular flexibility index (Phi) is 4.85. The van der Waals surface area contributed by atoms with Crippen LogP contribution in [0.4, 0.5) is 23.1 Å². The Balaban J connectivity index is 1.13. The number of nitrogens with zero attached hydrogens (tertiary/aromatic N) is 3. The van der Waals surface area contributed by atoms with E-state index >= 15 is 0 Å². The fourth-order valence-corrected chi connectivity index (χ4v) is 8.18. The minimum atomic E-state index is -2.89. The largest absolute Gasteiger partial charge is 0.390 e. The molecule has 7 rings (SSSR count). The van der Waals surface area contributed by atoms with Gasteiger partial charge in [-0.3, -0.25) is 0 Å². The summed E-state index contributed by atoms with van der Waals surface area (Å²) in [6, 6.07) is 9.84. The van der Waals surface area contributed by atoms with Crippen molar-refractivity contribution >= 4 is 33.0 Å². The van der Waals surface area contributed by atoms with E-state index in [4.69, 9.17) is 4.98 Å². The zero-order valence-corrected chi connectivity index (χ0v) is 19.5. The van der Waals surface area contributed by atoms with Gasteiger partial charge in [0.15, 0.2) is 9.84 Å². The smallest absolute Gasteiger partial charge is 0.229 e.